The summed E-state index contributed by atoms with van der Waals surface area (Å²) in [5.74, 6) is 1.75. The molecule has 0 saturated heterocycles. The van der Waals surface area contributed by atoms with Crippen LogP contribution in [0.5, 0.6) is 0 Å². The fourth-order valence-corrected chi connectivity index (χ4v) is 1.84. The number of rotatable bonds is 1. The van der Waals surface area contributed by atoms with Gasteiger partial charge in [-0.1, -0.05) is 0 Å². The second-order valence-electron chi connectivity index (χ2n) is 3.41. The van der Waals surface area contributed by atoms with Crippen molar-refractivity contribution in [1.82, 2.24) is 14.6 Å². The van der Waals surface area contributed by atoms with E-state index < -0.39 is 0 Å². The molecule has 1 fully saturated rings. The van der Waals surface area contributed by atoms with Crippen molar-refractivity contribution in [3.8, 4) is 0 Å². The number of halogens is 1. The van der Waals surface area contributed by atoms with Crippen LogP contribution in [-0.4, -0.2) is 14.6 Å². The fraction of sp³-hybridized carbons (Fsp3) is 0.333. The smallest absolute Gasteiger partial charge is 0.160 e. The van der Waals surface area contributed by atoms with Gasteiger partial charge >= 0.3 is 0 Å². The number of fused-ring (bicyclic) bond motifs is 1. The van der Waals surface area contributed by atoms with Gasteiger partial charge in [-0.2, -0.15) is 0 Å². The third kappa shape index (κ3) is 1.16. The fourth-order valence-electron chi connectivity index (χ4n) is 1.50. The first kappa shape index (κ1) is 7.50. The predicted molar refractivity (Wildman–Crippen MR) is 52.7 cm³/mol. The Labute approximate surface area is 83.9 Å². The zero-order valence-corrected chi connectivity index (χ0v) is 8.53. The van der Waals surface area contributed by atoms with E-state index in [1.165, 1.54) is 12.8 Å². The van der Waals surface area contributed by atoms with E-state index in [0.717, 1.165) is 15.9 Å². The van der Waals surface area contributed by atoms with Gasteiger partial charge in [-0.05, 0) is 40.9 Å². The summed E-state index contributed by atoms with van der Waals surface area (Å²) in [6.07, 6.45) is 4.55. The average Bonchev–Trinajstić information content (AvgIpc) is 2.87. The maximum absolute atomic E-state index is 4.19. The Morgan fingerprint density at radius 3 is 2.92 bits per heavy atom. The van der Waals surface area contributed by atoms with E-state index in [-0.39, 0.29) is 0 Å². The molecule has 2 heterocycles. The Morgan fingerprint density at radius 1 is 1.31 bits per heavy atom. The van der Waals surface area contributed by atoms with Crippen LogP contribution >= 0.6 is 15.9 Å². The van der Waals surface area contributed by atoms with Crippen LogP contribution in [0.15, 0.2) is 22.8 Å². The van der Waals surface area contributed by atoms with E-state index in [4.69, 9.17) is 0 Å². The van der Waals surface area contributed by atoms with Crippen LogP contribution in [0.25, 0.3) is 5.65 Å². The number of nitrogens with zero attached hydrogens (tertiary/aromatic N) is 3. The summed E-state index contributed by atoms with van der Waals surface area (Å²) in [5, 5.41) is 8.30. The molecule has 0 unspecified atom stereocenters. The van der Waals surface area contributed by atoms with Crippen molar-refractivity contribution in [2.45, 2.75) is 18.8 Å². The highest BCUT2D eigenvalue weighted by molar-refractivity contribution is 9.10. The lowest BCUT2D eigenvalue weighted by Crippen LogP contribution is -1.91. The summed E-state index contributed by atoms with van der Waals surface area (Å²) in [6, 6.07) is 3.96. The van der Waals surface area contributed by atoms with Gasteiger partial charge in [-0.3, -0.25) is 4.40 Å². The van der Waals surface area contributed by atoms with E-state index in [0.29, 0.717) is 5.92 Å². The first-order valence-corrected chi connectivity index (χ1v) is 5.14. The number of hydrogen-bond donors (Lipinski definition) is 0. The van der Waals surface area contributed by atoms with Gasteiger partial charge in [0.05, 0.1) is 0 Å². The highest BCUT2D eigenvalue weighted by Crippen LogP contribution is 2.39. The Morgan fingerprint density at radius 2 is 2.15 bits per heavy atom. The minimum Gasteiger partial charge on any atom is -0.285 e. The van der Waals surface area contributed by atoms with Crippen LogP contribution in [0.2, 0.25) is 0 Å². The molecule has 1 saturated carbocycles. The lowest BCUT2D eigenvalue weighted by atomic mass is 10.4. The van der Waals surface area contributed by atoms with Gasteiger partial charge in [-0.25, -0.2) is 0 Å². The molecular formula is C9H8BrN3. The monoisotopic (exact) mass is 237 g/mol. The molecule has 66 valence electrons. The third-order valence-electron chi connectivity index (χ3n) is 2.34. The first-order chi connectivity index (χ1) is 6.34. The van der Waals surface area contributed by atoms with Crippen molar-refractivity contribution in [3.63, 3.8) is 0 Å². The molecular weight excluding hydrogens is 230 g/mol. The minimum absolute atomic E-state index is 0.643. The second kappa shape index (κ2) is 2.54. The molecule has 0 atom stereocenters. The largest absolute Gasteiger partial charge is 0.285 e. The van der Waals surface area contributed by atoms with E-state index >= 15 is 0 Å². The summed E-state index contributed by atoms with van der Waals surface area (Å²) in [6.45, 7) is 0. The molecule has 0 spiro atoms. The quantitative estimate of drug-likeness (QED) is 0.763. The van der Waals surface area contributed by atoms with Crippen molar-refractivity contribution >= 4 is 21.6 Å². The summed E-state index contributed by atoms with van der Waals surface area (Å²) in [4.78, 5) is 0. The van der Waals surface area contributed by atoms with E-state index in [9.17, 15) is 0 Å². The summed E-state index contributed by atoms with van der Waals surface area (Å²) < 4.78 is 3.14. The lowest BCUT2D eigenvalue weighted by molar-refractivity contribution is 0.896. The highest BCUT2D eigenvalue weighted by atomic mass is 79.9. The molecule has 3 nitrogen and oxygen atoms in total. The zero-order chi connectivity index (χ0) is 8.84. The molecule has 2 aromatic heterocycles. The van der Waals surface area contributed by atoms with Crippen LogP contribution in [-0.2, 0) is 0 Å². The average molecular weight is 238 g/mol. The molecule has 0 radical (unpaired) electrons. The highest BCUT2D eigenvalue weighted by Gasteiger charge is 2.28. The number of hydrogen-bond acceptors (Lipinski definition) is 2. The molecule has 0 amide bonds. The number of pyridine rings is 1. The molecule has 2 aromatic rings. The van der Waals surface area contributed by atoms with Crippen LogP contribution in [0.3, 0.4) is 0 Å². The minimum atomic E-state index is 0.643. The molecule has 1 aliphatic rings. The van der Waals surface area contributed by atoms with Gasteiger partial charge in [0.25, 0.3) is 0 Å². The van der Waals surface area contributed by atoms with Crippen LogP contribution in [0.1, 0.15) is 24.6 Å². The van der Waals surface area contributed by atoms with E-state index in [2.05, 4.69) is 30.5 Å². The molecule has 4 heteroatoms. The van der Waals surface area contributed by atoms with Crippen LogP contribution in [0.4, 0.5) is 0 Å². The zero-order valence-electron chi connectivity index (χ0n) is 6.94. The van der Waals surface area contributed by atoms with Crippen molar-refractivity contribution in [2.75, 3.05) is 0 Å². The molecule has 1 aliphatic carbocycles. The summed E-state index contributed by atoms with van der Waals surface area (Å²) in [7, 11) is 0. The predicted octanol–water partition coefficient (Wildman–Crippen LogP) is 2.37. The third-order valence-corrected chi connectivity index (χ3v) is 2.80. The van der Waals surface area contributed by atoms with Gasteiger partial charge in [0, 0.05) is 16.6 Å². The van der Waals surface area contributed by atoms with Crippen molar-refractivity contribution < 1.29 is 0 Å². The summed E-state index contributed by atoms with van der Waals surface area (Å²) in [5.41, 5.74) is 0.935. The van der Waals surface area contributed by atoms with Gasteiger partial charge < -0.3 is 0 Å². The Balaban J connectivity index is 2.29. The Hall–Kier alpha value is -0.900. The molecule has 0 aromatic carbocycles. The molecule has 0 aliphatic heterocycles. The van der Waals surface area contributed by atoms with Crippen molar-refractivity contribution in [1.29, 1.82) is 0 Å². The molecule has 13 heavy (non-hydrogen) atoms. The van der Waals surface area contributed by atoms with Gasteiger partial charge in [0.15, 0.2) is 5.65 Å². The lowest BCUT2D eigenvalue weighted by Gasteiger charge is -1.96. The van der Waals surface area contributed by atoms with Crippen LogP contribution in [0, 0.1) is 0 Å². The van der Waals surface area contributed by atoms with Gasteiger partial charge in [0.2, 0.25) is 0 Å². The molecule has 0 bridgehead atoms. The summed E-state index contributed by atoms with van der Waals surface area (Å²) >= 11 is 3.44. The Kier molecular flexibility index (Phi) is 1.47. The van der Waals surface area contributed by atoms with Crippen molar-refractivity contribution in [3.05, 3.63) is 28.6 Å². The van der Waals surface area contributed by atoms with E-state index in [1.807, 2.05) is 18.3 Å². The van der Waals surface area contributed by atoms with E-state index in [1.54, 1.807) is 0 Å². The van der Waals surface area contributed by atoms with Crippen molar-refractivity contribution in [2.24, 2.45) is 0 Å². The van der Waals surface area contributed by atoms with Gasteiger partial charge in [0.1, 0.15) is 5.82 Å². The first-order valence-electron chi connectivity index (χ1n) is 4.35. The maximum Gasteiger partial charge on any atom is 0.160 e. The topological polar surface area (TPSA) is 30.2 Å². The second-order valence-corrected chi connectivity index (χ2v) is 4.32. The Bertz CT molecular complexity index is 459. The standard InChI is InChI=1S/C9H8BrN3/c10-7-3-4-8-11-12-9(6-1-2-6)13(8)5-7/h3-6H,1-2H2. The normalized spacial score (nSPS) is 16.7. The molecule has 3 rings (SSSR count). The molecule has 0 N–H and O–H groups in total. The maximum atomic E-state index is 4.19. The van der Waals surface area contributed by atoms with Crippen LogP contribution < -0.4 is 0 Å². The van der Waals surface area contributed by atoms with Gasteiger partial charge in [-0.15, -0.1) is 10.2 Å². The number of aromatic nitrogens is 3. The SMILES string of the molecule is Brc1ccc2nnc(C3CC3)n2c1.